The molecule has 68 heavy (non-hydrogen) atoms. The van der Waals surface area contributed by atoms with Crippen molar-refractivity contribution in [1.82, 2.24) is 0 Å². The number of aliphatic hydroxyl groups excluding tert-OH is 13. The number of allylic oxidation sites excluding steroid dienone is 2. The lowest BCUT2D eigenvalue weighted by atomic mass is 9.32. The number of ether oxygens (including phenoxy) is 6. The molecule has 0 radical (unpaired) electrons. The van der Waals surface area contributed by atoms with Crippen molar-refractivity contribution in [2.75, 3.05) is 19.8 Å². The molecule has 3 aliphatic heterocycles. The molecule has 0 aromatic carbocycles. The topological polar surface area (TPSA) is 335 Å². The summed E-state index contributed by atoms with van der Waals surface area (Å²) in [6.07, 6.45) is -22.3. The minimum absolute atomic E-state index is 0.0115. The zero-order valence-electron chi connectivity index (χ0n) is 40.1. The minimum Gasteiger partial charge on any atom is -0.432 e. The molecule has 3 heterocycles. The first kappa shape index (κ1) is 52.8. The van der Waals surface area contributed by atoms with E-state index in [1.807, 2.05) is 0 Å². The third-order valence-electron chi connectivity index (χ3n) is 19.6. The van der Waals surface area contributed by atoms with Gasteiger partial charge in [0.1, 0.15) is 67.1 Å². The average molecular weight is 975 g/mol. The summed E-state index contributed by atoms with van der Waals surface area (Å²) < 4.78 is 34.6. The maximum atomic E-state index is 15.0. The van der Waals surface area contributed by atoms with E-state index in [4.69, 9.17) is 28.4 Å². The van der Waals surface area contributed by atoms with Crippen molar-refractivity contribution in [1.29, 1.82) is 0 Å². The molecule has 20 nitrogen and oxygen atoms in total. The number of hydrogen-bond donors (Lipinski definition) is 13. The van der Waals surface area contributed by atoms with Crippen LogP contribution in [0, 0.1) is 56.7 Å². The summed E-state index contributed by atoms with van der Waals surface area (Å²) in [5, 5.41) is 142. The monoisotopic (exact) mass is 975 g/mol. The molecule has 5 aliphatic carbocycles. The lowest BCUT2D eigenvalue weighted by molar-refractivity contribution is -0.361. The number of carbonyl (C=O) groups is 1. The van der Waals surface area contributed by atoms with Gasteiger partial charge < -0.3 is 94.8 Å². The van der Waals surface area contributed by atoms with Gasteiger partial charge in [0.25, 0.3) is 0 Å². The zero-order chi connectivity index (χ0) is 50.0. The van der Waals surface area contributed by atoms with Gasteiger partial charge in [-0.2, -0.15) is 0 Å². The SMILES string of the molecule is C[C@H]1[C@H](C)CC[C@]2(C(=O)O[C@@H]3O[C@H](CO[C@@H]4O[C@H](CO)[C@@H](O[C@H]5O[C@@H](C)[C@@H](O)[C@H](O)[C@@H]5O)[C@H](O)[C@H]4O)[C@@H](O)[C@H](O)[C@H]3O)CC[C@]3(C)C(=CC[C@@H]4[C@@]5(C)C[C@@H](O)[C@H](O)[C@@](C)(CO)[C@@H]5[C@H](O)C[C@]43C)[C@H]12. The Balaban J connectivity index is 0.994. The summed E-state index contributed by atoms with van der Waals surface area (Å²) in [6, 6.07) is 0. The number of rotatable bonds is 9. The van der Waals surface area contributed by atoms with Crippen molar-refractivity contribution >= 4 is 5.97 Å². The third-order valence-corrected chi connectivity index (χ3v) is 19.6. The highest BCUT2D eigenvalue weighted by molar-refractivity contribution is 5.79. The summed E-state index contributed by atoms with van der Waals surface area (Å²) in [5.74, 6) is -1.31. The Morgan fingerprint density at radius 3 is 2.00 bits per heavy atom. The molecular weight excluding hydrogens is 897 g/mol. The molecule has 0 unspecified atom stereocenters. The van der Waals surface area contributed by atoms with E-state index >= 15 is 4.79 Å². The third kappa shape index (κ3) is 7.89. The van der Waals surface area contributed by atoms with Gasteiger partial charge >= 0.3 is 5.97 Å². The Bertz CT molecular complexity index is 1860. The van der Waals surface area contributed by atoms with Gasteiger partial charge in [0.05, 0.1) is 49.7 Å². The predicted molar refractivity (Wildman–Crippen MR) is 233 cm³/mol. The molecule has 0 amide bonds. The second-order valence-electron chi connectivity index (χ2n) is 23.1. The Hall–Kier alpha value is -1.51. The maximum absolute atomic E-state index is 15.0. The van der Waals surface area contributed by atoms with Crippen molar-refractivity contribution in [3.63, 3.8) is 0 Å². The van der Waals surface area contributed by atoms with Gasteiger partial charge in [0.15, 0.2) is 12.6 Å². The molecule has 8 rings (SSSR count). The Labute approximate surface area is 396 Å². The number of fused-ring (bicyclic) bond motifs is 7. The highest BCUT2D eigenvalue weighted by Crippen LogP contribution is 2.76. The lowest BCUT2D eigenvalue weighted by Crippen LogP contribution is -2.71. The summed E-state index contributed by atoms with van der Waals surface area (Å²) in [4.78, 5) is 15.0. The van der Waals surface area contributed by atoms with E-state index in [-0.39, 0.29) is 30.1 Å². The Morgan fingerprint density at radius 1 is 0.706 bits per heavy atom. The van der Waals surface area contributed by atoms with Gasteiger partial charge in [0.2, 0.25) is 6.29 Å². The van der Waals surface area contributed by atoms with Gasteiger partial charge in [-0.3, -0.25) is 4.79 Å². The molecule has 0 spiro atoms. The quantitative estimate of drug-likeness (QED) is 0.0873. The summed E-state index contributed by atoms with van der Waals surface area (Å²) >= 11 is 0. The van der Waals surface area contributed by atoms with E-state index in [1.54, 1.807) is 6.92 Å². The van der Waals surface area contributed by atoms with Gasteiger partial charge in [-0.1, -0.05) is 53.2 Å². The molecular formula is C48H78O20. The molecule has 4 saturated carbocycles. The van der Waals surface area contributed by atoms with E-state index < -0.39 is 169 Å². The smallest absolute Gasteiger partial charge is 0.315 e. The van der Waals surface area contributed by atoms with Gasteiger partial charge in [-0.25, -0.2) is 0 Å². The minimum atomic E-state index is -1.89. The van der Waals surface area contributed by atoms with Crippen LogP contribution in [0.3, 0.4) is 0 Å². The summed E-state index contributed by atoms with van der Waals surface area (Å²) in [6.45, 7) is 12.1. The Kier molecular flexibility index (Phi) is 14.6. The van der Waals surface area contributed by atoms with Crippen LogP contribution in [0.2, 0.25) is 0 Å². The van der Waals surface area contributed by atoms with Crippen LogP contribution in [-0.2, 0) is 33.2 Å². The molecule has 8 aliphatic rings. The number of esters is 1. The molecule has 3 saturated heterocycles. The van der Waals surface area contributed by atoms with Gasteiger partial charge in [0, 0.05) is 11.3 Å². The van der Waals surface area contributed by atoms with Crippen LogP contribution in [0.4, 0.5) is 0 Å². The average Bonchev–Trinajstić information content (AvgIpc) is 3.29. The van der Waals surface area contributed by atoms with Crippen LogP contribution in [-0.4, -0.2) is 203 Å². The fourth-order valence-corrected chi connectivity index (χ4v) is 15.4. The second-order valence-corrected chi connectivity index (χ2v) is 23.1. The van der Waals surface area contributed by atoms with Crippen LogP contribution < -0.4 is 0 Å². The highest BCUT2D eigenvalue weighted by atomic mass is 16.8. The van der Waals surface area contributed by atoms with Crippen molar-refractivity contribution < 1.29 is 99.6 Å². The highest BCUT2D eigenvalue weighted by Gasteiger charge is 2.73. The van der Waals surface area contributed by atoms with Crippen LogP contribution in [0.5, 0.6) is 0 Å². The first-order chi connectivity index (χ1) is 31.8. The second kappa shape index (κ2) is 18.8. The molecule has 0 aromatic rings. The van der Waals surface area contributed by atoms with E-state index in [0.29, 0.717) is 38.5 Å². The normalized spacial score (nSPS) is 57.1. The number of carbonyl (C=O) groups excluding carboxylic acids is 1. The summed E-state index contributed by atoms with van der Waals surface area (Å²) in [5.41, 5.74) is -2.84. The largest absolute Gasteiger partial charge is 0.432 e. The van der Waals surface area contributed by atoms with Crippen molar-refractivity contribution in [2.24, 2.45) is 56.7 Å². The predicted octanol–water partition coefficient (Wildman–Crippen LogP) is -2.06. The maximum Gasteiger partial charge on any atom is 0.315 e. The standard InChI is InChI=1S/C48H78O20/c1-19-10-11-48(13-12-46(6)22(28(48)20(19)2)8-9-27-44(4)14-24(52)39(61)45(5,18-50)38(44)23(51)15-47(27,46)7)43(62)68-42-35(59)32(56)30(54)26(66-42)17-63-40-36(60)33(57)37(25(16-49)65-40)67-41-34(58)31(55)29(53)21(3)64-41/h8,19-21,23-42,49-61H,9-18H2,1-7H3/t19-,20+,21+,23-,24-,25-,26-,27-,28+,29-,30-,31+,32+,33-,34+,35-,36-,37-,38-,39+,40-,41-,42+,44-,45+,46-,47-,48+/m1/s1. The molecule has 0 aromatic heterocycles. The van der Waals surface area contributed by atoms with E-state index in [9.17, 15) is 66.4 Å². The zero-order valence-corrected chi connectivity index (χ0v) is 40.1. The Morgan fingerprint density at radius 2 is 1.34 bits per heavy atom. The number of aliphatic hydroxyl groups is 13. The van der Waals surface area contributed by atoms with E-state index in [1.165, 1.54) is 6.92 Å². The molecule has 0 bridgehead atoms. The van der Waals surface area contributed by atoms with Crippen LogP contribution in [0.15, 0.2) is 11.6 Å². The fourth-order valence-electron chi connectivity index (χ4n) is 15.4. The lowest BCUT2D eigenvalue weighted by Gasteiger charge is -2.72. The first-order valence-electron chi connectivity index (χ1n) is 24.6. The van der Waals surface area contributed by atoms with Gasteiger partial charge in [-0.15, -0.1) is 0 Å². The van der Waals surface area contributed by atoms with E-state index in [0.717, 1.165) is 5.57 Å². The molecule has 13 N–H and O–H groups in total. The van der Waals surface area contributed by atoms with Crippen LogP contribution in [0.1, 0.15) is 93.4 Å². The fraction of sp³-hybridized carbons (Fsp3) is 0.938. The molecule has 390 valence electrons. The first-order valence-corrected chi connectivity index (χ1v) is 24.6. The van der Waals surface area contributed by atoms with Crippen molar-refractivity contribution in [3.05, 3.63) is 11.6 Å². The molecule has 28 atom stereocenters. The number of hydrogen-bond acceptors (Lipinski definition) is 20. The van der Waals surface area contributed by atoms with Gasteiger partial charge in [-0.05, 0) is 91.8 Å². The molecule has 20 heteroatoms. The van der Waals surface area contributed by atoms with Crippen molar-refractivity contribution in [2.45, 2.75) is 204 Å². The summed E-state index contributed by atoms with van der Waals surface area (Å²) in [7, 11) is 0. The van der Waals surface area contributed by atoms with E-state index in [2.05, 4.69) is 40.7 Å². The van der Waals surface area contributed by atoms with Crippen molar-refractivity contribution in [3.8, 4) is 0 Å². The van der Waals surface area contributed by atoms with Crippen LogP contribution >= 0.6 is 0 Å². The molecule has 7 fully saturated rings. The van der Waals surface area contributed by atoms with Crippen LogP contribution in [0.25, 0.3) is 0 Å².